The number of hydrogen-bond donors (Lipinski definition) is 0. The predicted octanol–water partition coefficient (Wildman–Crippen LogP) is 2.16. The molecule has 0 aromatic carbocycles. The van der Waals surface area contributed by atoms with Gasteiger partial charge in [-0.1, -0.05) is 19.9 Å². The lowest BCUT2D eigenvalue weighted by atomic mass is 10.2. The molecular weight excluding hydrogens is 215 g/mol. The van der Waals surface area contributed by atoms with E-state index in [4.69, 9.17) is 0 Å². The molecule has 0 N–H and O–H groups in total. The van der Waals surface area contributed by atoms with Gasteiger partial charge < -0.3 is 0 Å². The average Bonchev–Trinajstić information content (AvgIpc) is 1.61. The van der Waals surface area contributed by atoms with Crippen LogP contribution in [0.5, 0.6) is 0 Å². The van der Waals surface area contributed by atoms with E-state index in [2.05, 4.69) is 0 Å². The maximum Gasteiger partial charge on any atom is 0.214 e. The minimum absolute atomic E-state index is 0.0938. The Labute approximate surface area is 63.3 Å². The minimum atomic E-state index is 0.0938. The Morgan fingerprint density at radius 3 is 2.25 bits per heavy atom. The lowest BCUT2D eigenvalue weighted by Crippen LogP contribution is -1.80. The zero-order chi connectivity index (χ0) is 6.57. The summed E-state index contributed by atoms with van der Waals surface area (Å²) in [6, 6.07) is 0. The zero-order valence-electron chi connectivity index (χ0n) is 5.02. The highest BCUT2D eigenvalue weighted by Crippen LogP contribution is 1.95. The molecule has 0 aromatic rings. The molecule has 0 rings (SSSR count). The highest BCUT2D eigenvalue weighted by molar-refractivity contribution is 14.1. The van der Waals surface area contributed by atoms with Crippen LogP contribution >= 0.6 is 22.6 Å². The van der Waals surface area contributed by atoms with E-state index in [-0.39, 0.29) is 3.79 Å². The fourth-order valence-corrected chi connectivity index (χ4v) is 0.476. The third kappa shape index (κ3) is 6.14. The molecule has 0 unspecified atom stereocenters. The largest absolute Gasteiger partial charge is 0.283 e. The number of carbonyl (C=O) groups excluding carboxylic acids is 1. The maximum atomic E-state index is 10.2. The molecule has 0 heterocycles. The van der Waals surface area contributed by atoms with Crippen LogP contribution in [0.25, 0.3) is 0 Å². The van der Waals surface area contributed by atoms with E-state index < -0.39 is 0 Å². The van der Waals surface area contributed by atoms with Crippen LogP contribution < -0.4 is 0 Å². The summed E-state index contributed by atoms with van der Waals surface area (Å²) in [5, 5.41) is 0. The lowest BCUT2D eigenvalue weighted by molar-refractivity contribution is -0.105. The van der Waals surface area contributed by atoms with Crippen molar-refractivity contribution in [2.45, 2.75) is 13.8 Å². The van der Waals surface area contributed by atoms with Crippen LogP contribution in [-0.2, 0) is 4.79 Å². The first-order valence-corrected chi connectivity index (χ1v) is 3.58. The third-order valence-corrected chi connectivity index (χ3v) is 0.972. The number of carbonyl (C=O) groups is 1. The predicted molar refractivity (Wildman–Crippen MR) is 43.0 cm³/mol. The van der Waals surface area contributed by atoms with Gasteiger partial charge in [0.1, 0.15) is 0 Å². The number of allylic oxidation sites excluding steroid dienone is 2. The van der Waals surface area contributed by atoms with Crippen molar-refractivity contribution >= 4 is 26.4 Å². The van der Waals surface area contributed by atoms with Gasteiger partial charge in [-0.3, -0.25) is 4.79 Å². The first-order valence-electron chi connectivity index (χ1n) is 2.50. The zero-order valence-corrected chi connectivity index (χ0v) is 7.18. The van der Waals surface area contributed by atoms with Gasteiger partial charge in [-0.2, -0.15) is 0 Å². The van der Waals surface area contributed by atoms with E-state index in [0.717, 1.165) is 0 Å². The highest BCUT2D eigenvalue weighted by atomic mass is 127. The van der Waals surface area contributed by atoms with Crippen LogP contribution in [-0.4, -0.2) is 3.79 Å². The average molecular weight is 224 g/mol. The third-order valence-electron chi connectivity index (χ3n) is 0.612. The molecular formula is C6H9IO. The summed E-state index contributed by atoms with van der Waals surface area (Å²) in [5.74, 6) is 0.480. The fourth-order valence-electron chi connectivity index (χ4n) is 0.268. The van der Waals surface area contributed by atoms with Crippen molar-refractivity contribution in [3.63, 3.8) is 0 Å². The summed E-state index contributed by atoms with van der Waals surface area (Å²) >= 11 is 1.75. The molecule has 0 atom stereocenters. The van der Waals surface area contributed by atoms with E-state index in [1.165, 1.54) is 0 Å². The molecule has 0 aliphatic rings. The van der Waals surface area contributed by atoms with Crippen LogP contribution in [0.3, 0.4) is 0 Å². The van der Waals surface area contributed by atoms with Crippen LogP contribution in [0.15, 0.2) is 12.2 Å². The van der Waals surface area contributed by atoms with Gasteiger partial charge in [0.05, 0.1) is 0 Å². The summed E-state index contributed by atoms with van der Waals surface area (Å²) in [7, 11) is 0. The second kappa shape index (κ2) is 4.06. The number of rotatable bonds is 2. The molecule has 0 saturated carbocycles. The Kier molecular flexibility index (Phi) is 4.13. The molecule has 0 aromatic heterocycles. The fraction of sp³-hybridized carbons (Fsp3) is 0.500. The summed E-state index contributed by atoms with van der Waals surface area (Å²) in [6.07, 6.45) is 3.47. The summed E-state index contributed by atoms with van der Waals surface area (Å²) in [6.45, 7) is 4.08. The lowest BCUT2D eigenvalue weighted by Gasteiger charge is -1.88. The SMILES string of the molecule is CC(C)C=CC(=O)I. The molecule has 0 spiro atoms. The molecule has 46 valence electrons. The van der Waals surface area contributed by atoms with Crippen LogP contribution in [0, 0.1) is 5.92 Å². The Balaban J connectivity index is 3.50. The molecule has 0 saturated heterocycles. The maximum absolute atomic E-state index is 10.2. The molecule has 0 bridgehead atoms. The van der Waals surface area contributed by atoms with Gasteiger partial charge in [0, 0.05) is 22.6 Å². The Morgan fingerprint density at radius 1 is 1.62 bits per heavy atom. The summed E-state index contributed by atoms with van der Waals surface area (Å²) < 4.78 is 0.0938. The van der Waals surface area contributed by atoms with Gasteiger partial charge in [-0.05, 0) is 12.0 Å². The second-order valence-corrected chi connectivity index (χ2v) is 2.97. The number of hydrogen-bond acceptors (Lipinski definition) is 1. The summed E-state index contributed by atoms with van der Waals surface area (Å²) in [4.78, 5) is 10.2. The van der Waals surface area contributed by atoms with Crippen molar-refractivity contribution in [1.29, 1.82) is 0 Å². The van der Waals surface area contributed by atoms with Crippen LogP contribution in [0.4, 0.5) is 0 Å². The molecule has 2 heteroatoms. The standard InChI is InChI=1S/C6H9IO/c1-5(2)3-4-6(7)8/h3-5H,1-2H3. The van der Waals surface area contributed by atoms with Crippen molar-refractivity contribution in [3.05, 3.63) is 12.2 Å². The van der Waals surface area contributed by atoms with E-state index in [1.54, 1.807) is 28.7 Å². The topological polar surface area (TPSA) is 17.1 Å². The van der Waals surface area contributed by atoms with Crippen molar-refractivity contribution in [2.24, 2.45) is 5.92 Å². The summed E-state index contributed by atoms with van der Waals surface area (Å²) in [5.41, 5.74) is 0. The monoisotopic (exact) mass is 224 g/mol. The first kappa shape index (κ1) is 8.14. The van der Waals surface area contributed by atoms with Gasteiger partial charge in [0.2, 0.25) is 3.79 Å². The van der Waals surface area contributed by atoms with Crippen molar-refractivity contribution in [1.82, 2.24) is 0 Å². The normalized spacial score (nSPS) is 11.0. The van der Waals surface area contributed by atoms with Crippen LogP contribution in [0.2, 0.25) is 0 Å². The van der Waals surface area contributed by atoms with Gasteiger partial charge in [0.15, 0.2) is 0 Å². The van der Waals surface area contributed by atoms with Crippen molar-refractivity contribution in [2.75, 3.05) is 0 Å². The molecule has 0 fully saturated rings. The quantitative estimate of drug-likeness (QED) is 0.399. The Bertz CT molecular complexity index is 105. The molecule has 0 aliphatic heterocycles. The Hall–Kier alpha value is 0.140. The molecule has 0 radical (unpaired) electrons. The van der Waals surface area contributed by atoms with Crippen LogP contribution in [0.1, 0.15) is 13.8 Å². The van der Waals surface area contributed by atoms with Gasteiger partial charge in [0.25, 0.3) is 0 Å². The molecule has 1 nitrogen and oxygen atoms in total. The number of halogens is 1. The second-order valence-electron chi connectivity index (χ2n) is 1.91. The van der Waals surface area contributed by atoms with Gasteiger partial charge in [-0.25, -0.2) is 0 Å². The van der Waals surface area contributed by atoms with Crippen molar-refractivity contribution < 1.29 is 4.79 Å². The van der Waals surface area contributed by atoms with Gasteiger partial charge in [-0.15, -0.1) is 0 Å². The molecule has 8 heavy (non-hydrogen) atoms. The smallest absolute Gasteiger partial charge is 0.214 e. The van der Waals surface area contributed by atoms with Gasteiger partial charge >= 0.3 is 0 Å². The highest BCUT2D eigenvalue weighted by Gasteiger charge is 1.85. The molecule has 0 aliphatic carbocycles. The van der Waals surface area contributed by atoms with Crippen molar-refractivity contribution in [3.8, 4) is 0 Å². The molecule has 0 amide bonds. The first-order chi connectivity index (χ1) is 3.63. The van der Waals surface area contributed by atoms with E-state index in [1.807, 2.05) is 19.9 Å². The van der Waals surface area contributed by atoms with E-state index >= 15 is 0 Å². The Morgan fingerprint density at radius 2 is 2.12 bits per heavy atom. The van der Waals surface area contributed by atoms with E-state index in [9.17, 15) is 4.79 Å². The minimum Gasteiger partial charge on any atom is -0.283 e. The van der Waals surface area contributed by atoms with E-state index in [0.29, 0.717) is 5.92 Å².